The normalized spacial score (nSPS) is 17.6. The first-order valence-electron chi connectivity index (χ1n) is 11.0. The number of ether oxygens (including phenoxy) is 2. The summed E-state index contributed by atoms with van der Waals surface area (Å²) in [4.78, 5) is 38.3. The molecule has 2 aromatic rings. The number of methoxy groups -OCH3 is 1. The second-order valence-electron chi connectivity index (χ2n) is 8.52. The lowest BCUT2D eigenvalue weighted by atomic mass is 9.91. The molecule has 174 valence electrons. The van der Waals surface area contributed by atoms with Gasteiger partial charge in [0, 0.05) is 39.0 Å². The molecule has 2 N–H and O–H groups in total. The lowest BCUT2D eigenvalue weighted by Crippen LogP contribution is -2.55. The van der Waals surface area contributed by atoms with Crippen molar-refractivity contribution >= 4 is 18.0 Å². The number of carboxylic acid groups (broad SMARTS) is 1. The molecule has 2 aliphatic rings. The minimum Gasteiger partial charge on any atom is -0.479 e. The zero-order valence-electron chi connectivity index (χ0n) is 18.7. The van der Waals surface area contributed by atoms with Gasteiger partial charge in [-0.25, -0.2) is 9.59 Å². The Morgan fingerprint density at radius 2 is 1.61 bits per heavy atom. The van der Waals surface area contributed by atoms with E-state index in [1.165, 1.54) is 7.11 Å². The van der Waals surface area contributed by atoms with Gasteiger partial charge in [-0.1, -0.05) is 48.5 Å². The van der Waals surface area contributed by atoms with Gasteiger partial charge in [-0.05, 0) is 29.2 Å². The SMILES string of the molecule is COC1(C(=O)O)CCN(C(=O)[C@@H](C)NC(=O)OCC2c3ccccc3-c3ccccc32)CC1. The smallest absolute Gasteiger partial charge is 0.407 e. The van der Waals surface area contributed by atoms with E-state index in [9.17, 15) is 19.5 Å². The van der Waals surface area contributed by atoms with Gasteiger partial charge in [-0.3, -0.25) is 4.79 Å². The predicted molar refractivity (Wildman–Crippen MR) is 121 cm³/mol. The number of nitrogens with zero attached hydrogens (tertiary/aromatic N) is 1. The van der Waals surface area contributed by atoms with E-state index < -0.39 is 23.7 Å². The number of alkyl carbamates (subject to hydrolysis) is 1. The Labute approximate surface area is 192 Å². The minimum atomic E-state index is -1.26. The number of fused-ring (bicyclic) bond motifs is 3. The Kier molecular flexibility index (Phi) is 6.37. The number of carboxylic acids is 1. The molecule has 1 fully saturated rings. The number of aliphatic carboxylic acids is 1. The molecule has 33 heavy (non-hydrogen) atoms. The predicted octanol–water partition coefficient (Wildman–Crippen LogP) is 3.01. The molecule has 0 bridgehead atoms. The van der Waals surface area contributed by atoms with Crippen LogP contribution < -0.4 is 5.32 Å². The lowest BCUT2D eigenvalue weighted by molar-refractivity contribution is -0.170. The van der Waals surface area contributed by atoms with Crippen LogP contribution in [0.25, 0.3) is 11.1 Å². The van der Waals surface area contributed by atoms with Crippen LogP contribution >= 0.6 is 0 Å². The van der Waals surface area contributed by atoms with Crippen LogP contribution in [0.2, 0.25) is 0 Å². The zero-order chi connectivity index (χ0) is 23.6. The van der Waals surface area contributed by atoms with Gasteiger partial charge in [-0.15, -0.1) is 0 Å². The topological polar surface area (TPSA) is 105 Å². The Morgan fingerprint density at radius 3 is 2.12 bits per heavy atom. The number of carbonyl (C=O) groups is 3. The van der Waals surface area contributed by atoms with Gasteiger partial charge in [-0.2, -0.15) is 0 Å². The Morgan fingerprint density at radius 1 is 1.06 bits per heavy atom. The van der Waals surface area contributed by atoms with Crippen LogP contribution in [-0.2, 0) is 19.1 Å². The number of rotatable bonds is 6. The quantitative estimate of drug-likeness (QED) is 0.698. The van der Waals surface area contributed by atoms with Crippen molar-refractivity contribution in [3.63, 3.8) is 0 Å². The fourth-order valence-corrected chi connectivity index (χ4v) is 4.75. The van der Waals surface area contributed by atoms with E-state index in [-0.39, 0.29) is 44.4 Å². The van der Waals surface area contributed by atoms with E-state index in [1.807, 2.05) is 36.4 Å². The highest BCUT2D eigenvalue weighted by atomic mass is 16.5. The average Bonchev–Trinajstić information content (AvgIpc) is 3.16. The summed E-state index contributed by atoms with van der Waals surface area (Å²) in [6, 6.07) is 15.4. The summed E-state index contributed by atoms with van der Waals surface area (Å²) in [5.41, 5.74) is 3.25. The first kappa shape index (κ1) is 22.8. The maximum absolute atomic E-state index is 12.8. The Bertz CT molecular complexity index is 1010. The minimum absolute atomic E-state index is 0.0607. The molecule has 0 unspecified atom stereocenters. The van der Waals surface area contributed by atoms with Gasteiger partial charge in [0.25, 0.3) is 0 Å². The van der Waals surface area contributed by atoms with Crippen molar-refractivity contribution < 1.29 is 29.0 Å². The molecule has 8 heteroatoms. The van der Waals surface area contributed by atoms with E-state index >= 15 is 0 Å². The van der Waals surface area contributed by atoms with Crippen molar-refractivity contribution in [3.8, 4) is 11.1 Å². The molecule has 0 spiro atoms. The average molecular weight is 453 g/mol. The fourth-order valence-electron chi connectivity index (χ4n) is 4.75. The third kappa shape index (κ3) is 4.30. The number of benzene rings is 2. The molecule has 0 saturated carbocycles. The Hall–Kier alpha value is -3.39. The first-order valence-corrected chi connectivity index (χ1v) is 11.0. The summed E-state index contributed by atoms with van der Waals surface area (Å²) in [6.07, 6.45) is -0.267. The zero-order valence-corrected chi connectivity index (χ0v) is 18.7. The third-order valence-corrected chi connectivity index (χ3v) is 6.71. The number of likely N-dealkylation sites (tertiary alicyclic amines) is 1. The highest BCUT2D eigenvalue weighted by molar-refractivity contribution is 5.86. The largest absolute Gasteiger partial charge is 0.479 e. The number of amides is 2. The van der Waals surface area contributed by atoms with Crippen molar-refractivity contribution in [1.82, 2.24) is 10.2 Å². The molecule has 2 amide bonds. The second kappa shape index (κ2) is 9.23. The van der Waals surface area contributed by atoms with Crippen LogP contribution in [0, 0.1) is 0 Å². The summed E-state index contributed by atoms with van der Waals surface area (Å²) in [7, 11) is 1.37. The van der Waals surface area contributed by atoms with Crippen LogP contribution in [0.4, 0.5) is 4.79 Å². The van der Waals surface area contributed by atoms with Crippen LogP contribution in [0.3, 0.4) is 0 Å². The van der Waals surface area contributed by atoms with Crippen LogP contribution in [-0.4, -0.2) is 66.4 Å². The molecule has 1 aliphatic heterocycles. The number of hydrogen-bond acceptors (Lipinski definition) is 5. The first-order chi connectivity index (χ1) is 15.9. The number of nitrogens with one attached hydrogen (secondary N) is 1. The van der Waals surface area contributed by atoms with Crippen LogP contribution in [0.5, 0.6) is 0 Å². The van der Waals surface area contributed by atoms with E-state index in [0.717, 1.165) is 22.3 Å². The van der Waals surface area contributed by atoms with Crippen molar-refractivity contribution in [1.29, 1.82) is 0 Å². The van der Waals surface area contributed by atoms with Crippen molar-refractivity contribution in [3.05, 3.63) is 59.7 Å². The molecule has 2 aromatic carbocycles. The molecule has 4 rings (SSSR count). The van der Waals surface area contributed by atoms with E-state index in [1.54, 1.807) is 11.8 Å². The van der Waals surface area contributed by atoms with E-state index in [0.29, 0.717) is 0 Å². The molecule has 8 nitrogen and oxygen atoms in total. The number of hydrogen-bond donors (Lipinski definition) is 2. The summed E-state index contributed by atoms with van der Waals surface area (Å²) in [5, 5.41) is 12.0. The van der Waals surface area contributed by atoms with Crippen molar-refractivity contribution in [2.24, 2.45) is 0 Å². The van der Waals surface area contributed by atoms with E-state index in [2.05, 4.69) is 17.4 Å². The summed E-state index contributed by atoms with van der Waals surface area (Å²) in [5.74, 6) is -1.37. The molecule has 1 aliphatic carbocycles. The fraction of sp³-hybridized carbons (Fsp3) is 0.400. The van der Waals surface area contributed by atoms with Gasteiger partial charge >= 0.3 is 12.1 Å². The van der Waals surface area contributed by atoms with Gasteiger partial charge < -0.3 is 24.8 Å². The summed E-state index contributed by atoms with van der Waals surface area (Å²) < 4.78 is 10.7. The molecular formula is C25H28N2O6. The maximum atomic E-state index is 12.8. The molecule has 1 heterocycles. The monoisotopic (exact) mass is 452 g/mol. The van der Waals surface area contributed by atoms with Crippen LogP contribution in [0.1, 0.15) is 36.8 Å². The molecular weight excluding hydrogens is 424 g/mol. The van der Waals surface area contributed by atoms with Gasteiger partial charge in [0.1, 0.15) is 12.6 Å². The van der Waals surface area contributed by atoms with Crippen LogP contribution in [0.15, 0.2) is 48.5 Å². The molecule has 1 saturated heterocycles. The van der Waals surface area contributed by atoms with Crippen molar-refractivity contribution in [2.45, 2.75) is 37.3 Å². The highest BCUT2D eigenvalue weighted by Gasteiger charge is 2.43. The number of carbonyl (C=O) groups excluding carboxylic acids is 2. The highest BCUT2D eigenvalue weighted by Crippen LogP contribution is 2.44. The summed E-state index contributed by atoms with van der Waals surface area (Å²) in [6.45, 7) is 2.25. The van der Waals surface area contributed by atoms with Gasteiger partial charge in [0.2, 0.25) is 5.91 Å². The lowest BCUT2D eigenvalue weighted by Gasteiger charge is -2.38. The van der Waals surface area contributed by atoms with Crippen molar-refractivity contribution in [2.75, 3.05) is 26.8 Å². The third-order valence-electron chi connectivity index (χ3n) is 6.71. The number of piperidine rings is 1. The molecule has 0 aromatic heterocycles. The summed E-state index contributed by atoms with van der Waals surface area (Å²) >= 11 is 0. The van der Waals surface area contributed by atoms with Gasteiger partial charge in [0.05, 0.1) is 0 Å². The molecule has 0 radical (unpaired) electrons. The maximum Gasteiger partial charge on any atom is 0.407 e. The second-order valence-corrected chi connectivity index (χ2v) is 8.52. The Balaban J connectivity index is 1.33. The standard InChI is InChI=1S/C25H28N2O6/c1-16(22(28)27-13-11-25(32-2,12-14-27)23(29)30)26-24(31)33-15-21-19-9-5-3-7-17(19)18-8-4-6-10-20(18)21/h3-10,16,21H,11-15H2,1-2H3,(H,26,31)(H,29,30)/t16-/m1/s1. The molecule has 1 atom stereocenters. The van der Waals surface area contributed by atoms with E-state index in [4.69, 9.17) is 9.47 Å². The van der Waals surface area contributed by atoms with Gasteiger partial charge in [0.15, 0.2) is 5.60 Å².